The first kappa shape index (κ1) is 19.0. The summed E-state index contributed by atoms with van der Waals surface area (Å²) in [6.07, 6.45) is 4.50. The second-order valence-electron chi connectivity index (χ2n) is 7.83. The number of amides is 2. The van der Waals surface area contributed by atoms with Crippen LogP contribution in [0.4, 0.5) is 16.3 Å². The molecule has 154 valence electrons. The lowest BCUT2D eigenvalue weighted by Gasteiger charge is -2.17. The topological polar surface area (TPSA) is 87.4 Å². The highest BCUT2D eigenvalue weighted by Gasteiger charge is 2.26. The molecule has 0 bridgehead atoms. The summed E-state index contributed by atoms with van der Waals surface area (Å²) >= 11 is 1.60. The highest BCUT2D eigenvalue weighted by Crippen LogP contribution is 2.28. The SMILES string of the molecule is Nc1ccc(-c2cccs2)nc1NC(=O)N1Cc2cc(CN3CCCC3)cnc2C1. The Morgan fingerprint density at radius 3 is 2.87 bits per heavy atom. The van der Waals surface area contributed by atoms with Gasteiger partial charge in [-0.15, -0.1) is 11.3 Å². The van der Waals surface area contributed by atoms with Crippen LogP contribution in [0.15, 0.2) is 41.9 Å². The molecule has 1 fully saturated rings. The monoisotopic (exact) mass is 420 g/mol. The fourth-order valence-corrected chi connectivity index (χ4v) is 4.75. The lowest BCUT2D eigenvalue weighted by atomic mass is 10.1. The van der Waals surface area contributed by atoms with E-state index in [0.717, 1.165) is 41.5 Å². The zero-order valence-corrected chi connectivity index (χ0v) is 17.5. The molecule has 2 amide bonds. The number of nitrogen functional groups attached to an aromatic ring is 1. The predicted octanol–water partition coefficient (Wildman–Crippen LogP) is 3.93. The van der Waals surface area contributed by atoms with Crippen LogP contribution in [0.1, 0.15) is 29.7 Å². The van der Waals surface area contributed by atoms with E-state index >= 15 is 0 Å². The van der Waals surface area contributed by atoms with Gasteiger partial charge in [-0.05, 0) is 66.7 Å². The summed E-state index contributed by atoms with van der Waals surface area (Å²) < 4.78 is 0. The number of rotatable bonds is 4. The molecule has 0 radical (unpaired) electrons. The van der Waals surface area contributed by atoms with Crippen LogP contribution in [0.25, 0.3) is 10.6 Å². The Bertz CT molecular complexity index is 1060. The van der Waals surface area contributed by atoms with Gasteiger partial charge in [0.05, 0.1) is 28.5 Å². The highest BCUT2D eigenvalue weighted by molar-refractivity contribution is 7.13. The van der Waals surface area contributed by atoms with Crippen molar-refractivity contribution in [1.29, 1.82) is 0 Å². The third kappa shape index (κ3) is 3.88. The Morgan fingerprint density at radius 2 is 2.07 bits per heavy atom. The van der Waals surface area contributed by atoms with E-state index in [0.29, 0.717) is 24.6 Å². The first-order chi connectivity index (χ1) is 14.7. The quantitative estimate of drug-likeness (QED) is 0.668. The number of carbonyl (C=O) groups excluding carboxylic acids is 1. The molecular weight excluding hydrogens is 396 g/mol. The molecule has 5 rings (SSSR count). The van der Waals surface area contributed by atoms with Gasteiger partial charge in [0.1, 0.15) is 0 Å². The molecule has 8 heteroatoms. The van der Waals surface area contributed by atoms with Gasteiger partial charge in [0.15, 0.2) is 5.82 Å². The molecule has 2 aliphatic rings. The molecule has 1 saturated heterocycles. The maximum Gasteiger partial charge on any atom is 0.323 e. The van der Waals surface area contributed by atoms with E-state index in [4.69, 9.17) is 5.73 Å². The van der Waals surface area contributed by atoms with Crippen molar-refractivity contribution in [2.45, 2.75) is 32.5 Å². The molecule has 7 nitrogen and oxygen atoms in total. The van der Waals surface area contributed by atoms with Crippen LogP contribution < -0.4 is 11.1 Å². The maximum absolute atomic E-state index is 12.9. The van der Waals surface area contributed by atoms with Gasteiger partial charge in [0.25, 0.3) is 0 Å². The van der Waals surface area contributed by atoms with Crippen LogP contribution in [0, 0.1) is 0 Å². The number of urea groups is 1. The van der Waals surface area contributed by atoms with E-state index in [1.165, 1.54) is 18.4 Å². The first-order valence-corrected chi connectivity index (χ1v) is 11.1. The third-order valence-corrected chi connectivity index (χ3v) is 6.53. The smallest absolute Gasteiger partial charge is 0.323 e. The number of aromatic nitrogens is 2. The molecule has 0 spiro atoms. The van der Waals surface area contributed by atoms with Gasteiger partial charge in [0, 0.05) is 19.3 Å². The van der Waals surface area contributed by atoms with Crippen molar-refractivity contribution in [2.24, 2.45) is 0 Å². The number of hydrogen-bond donors (Lipinski definition) is 2. The van der Waals surface area contributed by atoms with E-state index in [-0.39, 0.29) is 6.03 Å². The standard InChI is InChI=1S/C22H24N6OS/c23-17-5-6-18(20-4-3-9-30-20)25-21(17)26-22(29)28-13-16-10-15(11-24-19(16)14-28)12-27-7-1-2-8-27/h3-6,9-11H,1-2,7-8,12-14,23H2,(H,25,26,29). The van der Waals surface area contributed by atoms with Crippen molar-refractivity contribution in [3.05, 3.63) is 58.7 Å². The molecule has 0 aliphatic carbocycles. The summed E-state index contributed by atoms with van der Waals surface area (Å²) in [6.45, 7) is 4.29. The van der Waals surface area contributed by atoms with Gasteiger partial charge in [-0.2, -0.15) is 0 Å². The molecule has 5 heterocycles. The second-order valence-corrected chi connectivity index (χ2v) is 8.78. The number of carbonyl (C=O) groups is 1. The number of likely N-dealkylation sites (tertiary alicyclic amines) is 1. The molecule has 0 aromatic carbocycles. The van der Waals surface area contributed by atoms with Crippen LogP contribution in [-0.4, -0.2) is 38.9 Å². The minimum Gasteiger partial charge on any atom is -0.396 e. The summed E-state index contributed by atoms with van der Waals surface area (Å²) in [5.41, 5.74) is 10.6. The molecule has 0 unspecified atom stereocenters. The molecule has 30 heavy (non-hydrogen) atoms. The van der Waals surface area contributed by atoms with Crippen molar-refractivity contribution >= 4 is 28.9 Å². The number of hydrogen-bond acceptors (Lipinski definition) is 6. The van der Waals surface area contributed by atoms with Gasteiger partial charge in [-0.3, -0.25) is 15.2 Å². The average molecular weight is 421 g/mol. The van der Waals surface area contributed by atoms with Crippen LogP contribution in [0.2, 0.25) is 0 Å². The Hall–Kier alpha value is -2.97. The van der Waals surface area contributed by atoms with Crippen molar-refractivity contribution in [3.8, 4) is 10.6 Å². The largest absolute Gasteiger partial charge is 0.396 e. The van der Waals surface area contributed by atoms with E-state index in [9.17, 15) is 4.79 Å². The molecule has 2 aliphatic heterocycles. The van der Waals surface area contributed by atoms with Crippen LogP contribution in [0.5, 0.6) is 0 Å². The number of nitrogens with one attached hydrogen (secondary N) is 1. The number of nitrogens with two attached hydrogens (primary N) is 1. The normalized spacial score (nSPS) is 16.1. The highest BCUT2D eigenvalue weighted by atomic mass is 32.1. The number of pyridine rings is 2. The zero-order valence-electron chi connectivity index (χ0n) is 16.7. The lowest BCUT2D eigenvalue weighted by Crippen LogP contribution is -2.31. The van der Waals surface area contributed by atoms with Crippen molar-refractivity contribution in [3.63, 3.8) is 0 Å². The summed E-state index contributed by atoms with van der Waals surface area (Å²) in [6, 6.07) is 9.60. The molecular formula is C22H24N6OS. The maximum atomic E-state index is 12.9. The minimum absolute atomic E-state index is 0.211. The van der Waals surface area contributed by atoms with Crippen molar-refractivity contribution in [1.82, 2.24) is 19.8 Å². The molecule has 0 saturated carbocycles. The molecule has 3 aromatic heterocycles. The van der Waals surface area contributed by atoms with Gasteiger partial charge in [-0.1, -0.05) is 6.07 Å². The number of thiophene rings is 1. The number of fused-ring (bicyclic) bond motifs is 1. The van der Waals surface area contributed by atoms with Crippen molar-refractivity contribution in [2.75, 3.05) is 24.1 Å². The van der Waals surface area contributed by atoms with E-state index in [1.54, 1.807) is 22.3 Å². The van der Waals surface area contributed by atoms with Gasteiger partial charge < -0.3 is 10.6 Å². The van der Waals surface area contributed by atoms with Crippen LogP contribution in [0.3, 0.4) is 0 Å². The summed E-state index contributed by atoms with van der Waals surface area (Å²) in [4.78, 5) is 27.3. The Balaban J connectivity index is 1.27. The van der Waals surface area contributed by atoms with E-state index in [1.807, 2.05) is 29.8 Å². The fourth-order valence-electron chi connectivity index (χ4n) is 4.05. The number of nitrogens with zero attached hydrogens (tertiary/aromatic N) is 4. The molecule has 0 atom stereocenters. The summed E-state index contributed by atoms with van der Waals surface area (Å²) in [5, 5.41) is 4.88. The second kappa shape index (κ2) is 8.04. The fraction of sp³-hybridized carbons (Fsp3) is 0.318. The lowest BCUT2D eigenvalue weighted by molar-refractivity contribution is 0.212. The predicted molar refractivity (Wildman–Crippen MR) is 119 cm³/mol. The van der Waals surface area contributed by atoms with Gasteiger partial charge >= 0.3 is 6.03 Å². The van der Waals surface area contributed by atoms with E-state index < -0.39 is 0 Å². The van der Waals surface area contributed by atoms with Crippen molar-refractivity contribution < 1.29 is 4.79 Å². The first-order valence-electron chi connectivity index (χ1n) is 10.2. The Labute approximate surface area is 179 Å². The minimum atomic E-state index is -0.211. The summed E-state index contributed by atoms with van der Waals surface area (Å²) in [7, 11) is 0. The van der Waals surface area contributed by atoms with Gasteiger partial charge in [0.2, 0.25) is 0 Å². The van der Waals surface area contributed by atoms with Crippen LogP contribution >= 0.6 is 11.3 Å². The average Bonchev–Trinajstić information content (AvgIpc) is 3.51. The third-order valence-electron chi connectivity index (χ3n) is 5.64. The Morgan fingerprint density at radius 1 is 1.20 bits per heavy atom. The number of anilines is 2. The summed E-state index contributed by atoms with van der Waals surface area (Å²) in [5.74, 6) is 0.393. The van der Waals surface area contributed by atoms with Gasteiger partial charge in [-0.25, -0.2) is 9.78 Å². The molecule has 3 N–H and O–H groups in total. The van der Waals surface area contributed by atoms with E-state index in [2.05, 4.69) is 26.3 Å². The zero-order chi connectivity index (χ0) is 20.5. The Kier molecular flexibility index (Phi) is 5.10. The molecule has 3 aromatic rings. The van der Waals surface area contributed by atoms with Crippen LogP contribution in [-0.2, 0) is 19.6 Å².